The van der Waals surface area contributed by atoms with Crippen LogP contribution >= 0.6 is 11.9 Å². The molecule has 15 heavy (non-hydrogen) atoms. The lowest BCUT2D eigenvalue weighted by Gasteiger charge is -2.19. The number of nitrogens with one attached hydrogen (secondary N) is 1. The molecule has 1 N–H and O–H groups in total. The lowest BCUT2D eigenvalue weighted by molar-refractivity contribution is -0.284. The fourth-order valence-corrected chi connectivity index (χ4v) is 1.54. The van der Waals surface area contributed by atoms with Gasteiger partial charge in [-0.1, -0.05) is 18.9 Å². The van der Waals surface area contributed by atoms with Crippen molar-refractivity contribution in [3.05, 3.63) is 0 Å². The van der Waals surface area contributed by atoms with Gasteiger partial charge in [-0.3, -0.25) is 4.72 Å². The van der Waals surface area contributed by atoms with Gasteiger partial charge in [0, 0.05) is 18.7 Å². The number of hydrogen-bond acceptors (Lipinski definition) is 2. The average molecular weight is 251 g/mol. The highest BCUT2D eigenvalue weighted by atomic mass is 32.2. The van der Waals surface area contributed by atoms with Crippen LogP contribution in [0.3, 0.4) is 0 Å². The van der Waals surface area contributed by atoms with E-state index in [1.165, 1.54) is 11.9 Å². The number of hydrogen-bond donors (Lipinski definition) is 1. The Labute approximate surface area is 89.9 Å². The van der Waals surface area contributed by atoms with Gasteiger partial charge in [0.1, 0.15) is 0 Å². The van der Waals surface area contributed by atoms with Crippen molar-refractivity contribution in [2.24, 2.45) is 0 Å². The highest BCUT2D eigenvalue weighted by molar-refractivity contribution is 7.97. The van der Waals surface area contributed by atoms with Crippen molar-refractivity contribution in [1.82, 2.24) is 4.72 Å². The van der Waals surface area contributed by atoms with Crippen molar-refractivity contribution in [2.75, 3.05) is 12.3 Å². The van der Waals surface area contributed by atoms with Gasteiger partial charge in [-0.05, 0) is 12.8 Å². The van der Waals surface area contributed by atoms with Crippen molar-refractivity contribution in [3.63, 3.8) is 0 Å². The van der Waals surface area contributed by atoms with Gasteiger partial charge in [0.05, 0.1) is 0 Å². The van der Waals surface area contributed by atoms with Gasteiger partial charge in [-0.25, -0.2) is 0 Å². The summed E-state index contributed by atoms with van der Waals surface area (Å²) in [4.78, 5) is 0. The van der Waals surface area contributed by atoms with E-state index in [1.807, 2.05) is 6.92 Å². The molecular weight excluding hydrogens is 237 g/mol. The van der Waals surface area contributed by atoms with E-state index in [0.717, 1.165) is 13.0 Å². The molecule has 1 nitrogen and oxygen atoms in total. The van der Waals surface area contributed by atoms with E-state index in [0.29, 0.717) is 0 Å². The summed E-state index contributed by atoms with van der Waals surface area (Å²) in [7, 11) is 0. The quantitative estimate of drug-likeness (QED) is 0.421. The fourth-order valence-electron chi connectivity index (χ4n) is 0.754. The van der Waals surface area contributed by atoms with Crippen LogP contribution in [0, 0.1) is 0 Å². The monoisotopic (exact) mass is 251 g/mol. The smallest absolute Gasteiger partial charge is 0.264 e. The second kappa shape index (κ2) is 6.52. The van der Waals surface area contributed by atoms with E-state index in [2.05, 4.69) is 4.72 Å². The molecule has 0 unspecified atom stereocenters. The molecule has 0 aliphatic rings. The molecular formula is C8H14F5NS. The van der Waals surface area contributed by atoms with Gasteiger partial charge in [-0.2, -0.15) is 22.0 Å². The standard InChI is InChI=1S/C8H14F5NS/c1-2-5-14-15-6-3-4-7(9,10)8(11,12)13/h14H,2-6H2,1H3. The first-order chi connectivity index (χ1) is 6.81. The zero-order valence-corrected chi connectivity index (χ0v) is 9.15. The molecule has 0 aromatic carbocycles. The maximum atomic E-state index is 12.4. The molecule has 7 heteroatoms. The van der Waals surface area contributed by atoms with E-state index < -0.39 is 18.5 Å². The fraction of sp³-hybridized carbons (Fsp3) is 1.00. The lowest BCUT2D eigenvalue weighted by atomic mass is 10.2. The summed E-state index contributed by atoms with van der Waals surface area (Å²) >= 11 is 1.18. The molecule has 0 saturated heterocycles. The SMILES string of the molecule is CCCNSCCCC(F)(F)C(F)(F)F. The molecule has 0 amide bonds. The van der Waals surface area contributed by atoms with Crippen molar-refractivity contribution in [2.45, 2.75) is 38.3 Å². The summed E-state index contributed by atoms with van der Waals surface area (Å²) in [5.41, 5.74) is 0. The van der Waals surface area contributed by atoms with E-state index in [9.17, 15) is 22.0 Å². The summed E-state index contributed by atoms with van der Waals surface area (Å²) < 4.78 is 62.6. The van der Waals surface area contributed by atoms with Gasteiger partial charge in [-0.15, -0.1) is 0 Å². The second-order valence-electron chi connectivity index (χ2n) is 3.05. The van der Waals surface area contributed by atoms with Crippen LogP contribution in [0.25, 0.3) is 0 Å². The topological polar surface area (TPSA) is 12.0 Å². The Morgan fingerprint density at radius 2 is 1.73 bits per heavy atom. The van der Waals surface area contributed by atoms with Crippen LogP contribution in [0.1, 0.15) is 26.2 Å². The van der Waals surface area contributed by atoms with E-state index in [1.54, 1.807) is 0 Å². The Balaban J connectivity index is 3.58. The highest BCUT2D eigenvalue weighted by Crippen LogP contribution is 2.38. The van der Waals surface area contributed by atoms with Crippen molar-refractivity contribution in [1.29, 1.82) is 0 Å². The Kier molecular flexibility index (Phi) is 6.51. The number of alkyl halides is 5. The van der Waals surface area contributed by atoms with Crippen LogP contribution in [0.4, 0.5) is 22.0 Å². The molecule has 0 spiro atoms. The molecule has 0 aromatic rings. The Hall–Kier alpha value is -0.0400. The third kappa shape index (κ3) is 6.19. The minimum Gasteiger partial charge on any atom is -0.264 e. The minimum atomic E-state index is -5.42. The molecule has 0 aliphatic carbocycles. The zero-order valence-electron chi connectivity index (χ0n) is 8.33. The van der Waals surface area contributed by atoms with Gasteiger partial charge < -0.3 is 0 Å². The minimum absolute atomic E-state index is 0.159. The molecule has 92 valence electrons. The predicted octanol–water partition coefficient (Wildman–Crippen LogP) is 3.61. The molecule has 0 radical (unpaired) electrons. The van der Waals surface area contributed by atoms with Crippen molar-refractivity contribution >= 4 is 11.9 Å². The van der Waals surface area contributed by atoms with Crippen molar-refractivity contribution < 1.29 is 22.0 Å². The van der Waals surface area contributed by atoms with E-state index in [-0.39, 0.29) is 12.2 Å². The van der Waals surface area contributed by atoms with Crippen LogP contribution in [0.5, 0.6) is 0 Å². The summed E-state index contributed by atoms with van der Waals surface area (Å²) in [5.74, 6) is -4.30. The normalized spacial score (nSPS) is 13.2. The van der Waals surface area contributed by atoms with Gasteiger partial charge >= 0.3 is 12.1 Å². The van der Waals surface area contributed by atoms with Gasteiger partial charge in [0.15, 0.2) is 0 Å². The van der Waals surface area contributed by atoms with Crippen LogP contribution in [-0.2, 0) is 0 Å². The first-order valence-corrected chi connectivity index (χ1v) is 5.59. The molecule has 0 bridgehead atoms. The van der Waals surface area contributed by atoms with Crippen LogP contribution in [0.15, 0.2) is 0 Å². The van der Waals surface area contributed by atoms with E-state index >= 15 is 0 Å². The van der Waals surface area contributed by atoms with Gasteiger partial charge in [0.2, 0.25) is 0 Å². The van der Waals surface area contributed by atoms with Crippen LogP contribution in [0.2, 0.25) is 0 Å². The Bertz CT molecular complexity index is 171. The Morgan fingerprint density at radius 3 is 2.20 bits per heavy atom. The summed E-state index contributed by atoms with van der Waals surface area (Å²) in [5, 5.41) is 0. The third-order valence-corrected chi connectivity index (χ3v) is 2.51. The number of rotatable bonds is 7. The van der Waals surface area contributed by atoms with Crippen LogP contribution in [-0.4, -0.2) is 24.4 Å². The summed E-state index contributed by atoms with van der Waals surface area (Å²) in [6.45, 7) is 2.66. The first kappa shape index (κ1) is 15.0. The largest absolute Gasteiger partial charge is 0.453 e. The maximum Gasteiger partial charge on any atom is 0.453 e. The van der Waals surface area contributed by atoms with E-state index in [4.69, 9.17) is 0 Å². The third-order valence-electron chi connectivity index (χ3n) is 1.61. The summed E-state index contributed by atoms with van der Waals surface area (Å²) in [6.07, 6.45) is -5.83. The molecule has 0 heterocycles. The predicted molar refractivity (Wildman–Crippen MR) is 51.0 cm³/mol. The lowest BCUT2D eigenvalue weighted by Crippen LogP contribution is -2.36. The first-order valence-electron chi connectivity index (χ1n) is 4.60. The molecule has 0 aromatic heterocycles. The van der Waals surface area contributed by atoms with Crippen molar-refractivity contribution in [3.8, 4) is 0 Å². The van der Waals surface area contributed by atoms with Crippen LogP contribution < -0.4 is 4.72 Å². The molecule has 0 atom stereocenters. The summed E-state index contributed by atoms with van der Waals surface area (Å²) in [6, 6.07) is 0. The average Bonchev–Trinajstić information content (AvgIpc) is 2.09. The Morgan fingerprint density at radius 1 is 1.13 bits per heavy atom. The second-order valence-corrected chi connectivity index (χ2v) is 4.03. The molecule has 0 aliphatic heterocycles. The van der Waals surface area contributed by atoms with Gasteiger partial charge in [0.25, 0.3) is 0 Å². The molecule has 0 rings (SSSR count). The highest BCUT2D eigenvalue weighted by Gasteiger charge is 2.56. The molecule has 0 saturated carbocycles. The zero-order chi connectivity index (χ0) is 11.9. The number of halogens is 5. The molecule has 0 fully saturated rings. The maximum absolute atomic E-state index is 12.4.